The number of nitriles is 1. The topological polar surface area (TPSA) is 100 Å². The van der Waals surface area contributed by atoms with Crippen LogP contribution in [0.25, 0.3) is 0 Å². The van der Waals surface area contributed by atoms with Crippen molar-refractivity contribution in [2.45, 2.75) is 64.1 Å². The van der Waals surface area contributed by atoms with Gasteiger partial charge in [-0.1, -0.05) is 18.2 Å². The first-order valence-corrected chi connectivity index (χ1v) is 11.2. The Balaban J connectivity index is 1.57. The van der Waals surface area contributed by atoms with Gasteiger partial charge in [-0.05, 0) is 51.7 Å². The molecule has 2 aliphatic heterocycles. The predicted molar refractivity (Wildman–Crippen MR) is 123 cm³/mol. The molecule has 1 amide bonds. The maximum Gasteiger partial charge on any atom is 0.410 e. The van der Waals surface area contributed by atoms with E-state index in [1.165, 1.54) is 11.3 Å². The predicted octanol–water partition coefficient (Wildman–Crippen LogP) is 3.51. The number of para-hydroxylation sites is 1. The fraction of sp³-hybridized carbons (Fsp3) is 0.542. The highest BCUT2D eigenvalue weighted by molar-refractivity contribution is 5.69. The largest absolute Gasteiger partial charge is 0.444 e. The number of fused-ring (bicyclic) bond motifs is 1. The van der Waals surface area contributed by atoms with Gasteiger partial charge in [-0.2, -0.15) is 10.4 Å². The van der Waals surface area contributed by atoms with E-state index < -0.39 is 5.60 Å². The third-order valence-corrected chi connectivity index (χ3v) is 6.27. The number of likely N-dealkylation sites (tertiary alicyclic amines) is 1. The molecular weight excluding hydrogens is 404 g/mol. The minimum atomic E-state index is -0.542. The van der Waals surface area contributed by atoms with Crippen molar-refractivity contribution in [1.82, 2.24) is 14.7 Å². The van der Waals surface area contributed by atoms with Crippen LogP contribution in [-0.2, 0) is 17.7 Å². The van der Waals surface area contributed by atoms with Crippen LogP contribution in [-0.4, -0.2) is 52.6 Å². The van der Waals surface area contributed by atoms with Crippen LogP contribution in [0.1, 0.15) is 56.4 Å². The Morgan fingerprint density at radius 1 is 1.34 bits per heavy atom. The summed E-state index contributed by atoms with van der Waals surface area (Å²) in [6.45, 7) is 7.49. The second-order valence-corrected chi connectivity index (χ2v) is 9.82. The van der Waals surface area contributed by atoms with Gasteiger partial charge in [0.05, 0.1) is 18.3 Å². The number of hydrogen-bond donors (Lipinski definition) is 1. The number of nitrogens with zero attached hydrogens (tertiary/aromatic N) is 5. The van der Waals surface area contributed by atoms with Crippen LogP contribution in [0, 0.1) is 11.3 Å². The zero-order chi connectivity index (χ0) is 23.0. The quantitative estimate of drug-likeness (QED) is 0.790. The standard InChI is InChI=1S/C24H32N6O2/c1-24(2,3)32-23(31)29-11-7-9-18(29)15-30-22(26)19(13-25)21(27-30)17-12-16-8-5-6-10-20(16)28(4)14-17/h5-6,8,10,17-18H,7,9,11-12,14-15,26H2,1-4H3. The summed E-state index contributed by atoms with van der Waals surface area (Å²) < 4.78 is 7.29. The van der Waals surface area contributed by atoms with Crippen LogP contribution >= 0.6 is 0 Å². The molecule has 0 bridgehead atoms. The van der Waals surface area contributed by atoms with Crippen LogP contribution in [0.4, 0.5) is 16.3 Å². The molecule has 2 aliphatic rings. The average Bonchev–Trinajstić information content (AvgIpc) is 3.31. The number of benzene rings is 1. The molecule has 2 unspecified atom stereocenters. The van der Waals surface area contributed by atoms with E-state index in [4.69, 9.17) is 15.6 Å². The molecular formula is C24H32N6O2. The Morgan fingerprint density at radius 2 is 2.09 bits per heavy atom. The van der Waals surface area contributed by atoms with Crippen molar-refractivity contribution in [3.8, 4) is 6.07 Å². The van der Waals surface area contributed by atoms with E-state index in [2.05, 4.69) is 30.1 Å². The van der Waals surface area contributed by atoms with Crippen molar-refractivity contribution in [2.24, 2.45) is 0 Å². The number of amides is 1. The third kappa shape index (κ3) is 4.24. The lowest BCUT2D eigenvalue weighted by Gasteiger charge is -2.32. The number of carbonyl (C=O) groups is 1. The molecule has 2 aromatic rings. The highest BCUT2D eigenvalue weighted by Gasteiger charge is 2.34. The molecule has 8 heteroatoms. The van der Waals surface area contributed by atoms with E-state index in [0.717, 1.165) is 31.5 Å². The summed E-state index contributed by atoms with van der Waals surface area (Å²) in [7, 11) is 2.06. The van der Waals surface area contributed by atoms with Gasteiger partial charge in [0, 0.05) is 31.7 Å². The van der Waals surface area contributed by atoms with Crippen LogP contribution < -0.4 is 10.6 Å². The Kier molecular flexibility index (Phi) is 5.76. The summed E-state index contributed by atoms with van der Waals surface area (Å²) in [5.41, 5.74) is 9.49. The van der Waals surface area contributed by atoms with Crippen LogP contribution in [0.2, 0.25) is 0 Å². The fourth-order valence-corrected chi connectivity index (χ4v) is 4.82. The molecule has 4 rings (SSSR count). The number of ether oxygens (including phenoxy) is 1. The monoisotopic (exact) mass is 436 g/mol. The van der Waals surface area contributed by atoms with Crippen LogP contribution in [0.5, 0.6) is 0 Å². The molecule has 1 aromatic heterocycles. The smallest absolute Gasteiger partial charge is 0.410 e. The molecule has 1 aromatic carbocycles. The van der Waals surface area contributed by atoms with Gasteiger partial charge in [0.1, 0.15) is 23.1 Å². The van der Waals surface area contributed by atoms with Crippen molar-refractivity contribution in [1.29, 1.82) is 5.26 Å². The second kappa shape index (κ2) is 8.38. The number of rotatable bonds is 3. The van der Waals surface area contributed by atoms with Gasteiger partial charge < -0.3 is 20.3 Å². The van der Waals surface area contributed by atoms with Gasteiger partial charge >= 0.3 is 6.09 Å². The maximum atomic E-state index is 12.7. The Morgan fingerprint density at radius 3 is 2.81 bits per heavy atom. The lowest BCUT2D eigenvalue weighted by Crippen LogP contribution is -2.41. The van der Waals surface area contributed by atoms with E-state index in [-0.39, 0.29) is 18.1 Å². The first kappa shape index (κ1) is 22.0. The number of carbonyl (C=O) groups excluding carboxylic acids is 1. The molecule has 0 aliphatic carbocycles. The lowest BCUT2D eigenvalue weighted by atomic mass is 9.89. The molecule has 32 heavy (non-hydrogen) atoms. The maximum absolute atomic E-state index is 12.7. The van der Waals surface area contributed by atoms with Gasteiger partial charge in [-0.15, -0.1) is 0 Å². The summed E-state index contributed by atoms with van der Waals surface area (Å²) in [5, 5.41) is 14.7. The number of nitrogen functional groups attached to an aromatic ring is 1. The summed E-state index contributed by atoms with van der Waals surface area (Å²) in [6.07, 6.45) is 2.28. The summed E-state index contributed by atoms with van der Waals surface area (Å²) in [6, 6.07) is 10.6. The summed E-state index contributed by atoms with van der Waals surface area (Å²) >= 11 is 0. The normalized spacial score (nSPS) is 20.7. The molecule has 2 N–H and O–H groups in total. The Bertz CT molecular complexity index is 1050. The first-order valence-electron chi connectivity index (χ1n) is 11.2. The van der Waals surface area contributed by atoms with E-state index >= 15 is 0 Å². The second-order valence-electron chi connectivity index (χ2n) is 9.82. The molecule has 2 atom stereocenters. The molecule has 8 nitrogen and oxygen atoms in total. The molecule has 0 spiro atoms. The van der Waals surface area contributed by atoms with Gasteiger partial charge in [-0.25, -0.2) is 9.48 Å². The van der Waals surface area contributed by atoms with Crippen molar-refractivity contribution in [3.63, 3.8) is 0 Å². The van der Waals surface area contributed by atoms with Gasteiger partial charge in [0.25, 0.3) is 0 Å². The number of aromatic nitrogens is 2. The van der Waals surface area contributed by atoms with Gasteiger partial charge in [-0.3, -0.25) is 0 Å². The van der Waals surface area contributed by atoms with Crippen molar-refractivity contribution in [2.75, 3.05) is 30.8 Å². The van der Waals surface area contributed by atoms with Gasteiger partial charge in [0.2, 0.25) is 0 Å². The summed E-state index contributed by atoms with van der Waals surface area (Å²) in [4.78, 5) is 16.6. The molecule has 170 valence electrons. The zero-order valence-electron chi connectivity index (χ0n) is 19.3. The first-order chi connectivity index (χ1) is 15.2. The van der Waals surface area contributed by atoms with E-state index in [1.807, 2.05) is 32.9 Å². The number of likely N-dealkylation sites (N-methyl/N-ethyl adjacent to an activating group) is 1. The van der Waals surface area contributed by atoms with E-state index in [1.54, 1.807) is 9.58 Å². The molecule has 0 radical (unpaired) electrons. The highest BCUT2D eigenvalue weighted by Crippen LogP contribution is 2.35. The minimum Gasteiger partial charge on any atom is -0.444 e. The third-order valence-electron chi connectivity index (χ3n) is 6.27. The number of hydrogen-bond acceptors (Lipinski definition) is 6. The fourth-order valence-electron chi connectivity index (χ4n) is 4.82. The molecule has 1 fully saturated rings. The van der Waals surface area contributed by atoms with Crippen molar-refractivity contribution in [3.05, 3.63) is 41.1 Å². The van der Waals surface area contributed by atoms with E-state index in [9.17, 15) is 10.1 Å². The van der Waals surface area contributed by atoms with E-state index in [0.29, 0.717) is 24.5 Å². The molecule has 1 saturated heterocycles. The SMILES string of the molecule is CN1CC(c2nn(CC3CCCN3C(=O)OC(C)(C)C)c(N)c2C#N)Cc2ccccc21. The van der Waals surface area contributed by atoms with Crippen LogP contribution in [0.3, 0.4) is 0 Å². The van der Waals surface area contributed by atoms with Crippen molar-refractivity contribution < 1.29 is 9.53 Å². The minimum absolute atomic E-state index is 0.0544. The molecule has 0 saturated carbocycles. The Labute approximate surface area is 189 Å². The lowest BCUT2D eigenvalue weighted by molar-refractivity contribution is 0.0212. The molecule has 3 heterocycles. The summed E-state index contributed by atoms with van der Waals surface area (Å²) in [5.74, 6) is 0.457. The number of nitrogens with two attached hydrogens (primary N) is 1. The average molecular weight is 437 g/mol. The highest BCUT2D eigenvalue weighted by atomic mass is 16.6. The van der Waals surface area contributed by atoms with Crippen LogP contribution in [0.15, 0.2) is 24.3 Å². The van der Waals surface area contributed by atoms with Gasteiger partial charge in [0.15, 0.2) is 0 Å². The number of anilines is 2. The van der Waals surface area contributed by atoms with Crippen molar-refractivity contribution >= 4 is 17.6 Å². The Hall–Kier alpha value is -3.21. The zero-order valence-corrected chi connectivity index (χ0v) is 19.3.